The fraction of sp³-hybridized carbons (Fsp3) is 0.571. The van der Waals surface area contributed by atoms with Gasteiger partial charge in [0.15, 0.2) is 0 Å². The molecule has 1 aromatic carbocycles. The standard InChI is InChI=1S/C14H17F4NS/c1-20-13(5-2-6-13)9-19-8-10-3-4-12(15)11(7-10)14(16,17)18/h3-4,7,19H,2,5-6,8-9H2,1H3. The summed E-state index contributed by atoms with van der Waals surface area (Å²) in [6.07, 6.45) is 0.892. The van der Waals surface area contributed by atoms with E-state index in [-0.39, 0.29) is 4.75 Å². The molecule has 0 bridgehead atoms. The zero-order valence-electron chi connectivity index (χ0n) is 11.2. The van der Waals surface area contributed by atoms with Crippen LogP contribution in [0.3, 0.4) is 0 Å². The molecular weight excluding hydrogens is 290 g/mol. The largest absolute Gasteiger partial charge is 0.419 e. The molecule has 1 aliphatic carbocycles. The third-order valence-corrected chi connectivity index (χ3v) is 5.23. The minimum absolute atomic E-state index is 0.229. The van der Waals surface area contributed by atoms with Gasteiger partial charge in [-0.3, -0.25) is 0 Å². The molecule has 0 radical (unpaired) electrons. The topological polar surface area (TPSA) is 12.0 Å². The molecule has 0 saturated heterocycles. The Kier molecular flexibility index (Phi) is 4.64. The van der Waals surface area contributed by atoms with Crippen molar-refractivity contribution in [2.45, 2.75) is 36.7 Å². The number of halogens is 4. The lowest BCUT2D eigenvalue weighted by molar-refractivity contribution is -0.140. The van der Waals surface area contributed by atoms with Crippen LogP contribution in [0.25, 0.3) is 0 Å². The van der Waals surface area contributed by atoms with Gasteiger partial charge in [-0.05, 0) is 36.8 Å². The first-order valence-corrected chi connectivity index (χ1v) is 7.70. The summed E-state index contributed by atoms with van der Waals surface area (Å²) in [5.74, 6) is -1.22. The normalized spacial score (nSPS) is 17.9. The van der Waals surface area contributed by atoms with Crippen LogP contribution in [0.1, 0.15) is 30.4 Å². The maximum absolute atomic E-state index is 13.2. The molecule has 1 aliphatic rings. The Morgan fingerprint density at radius 1 is 1.30 bits per heavy atom. The molecule has 1 N–H and O–H groups in total. The van der Waals surface area contributed by atoms with Crippen LogP contribution in [0, 0.1) is 5.82 Å². The van der Waals surface area contributed by atoms with Crippen LogP contribution in [-0.2, 0) is 12.7 Å². The van der Waals surface area contributed by atoms with E-state index < -0.39 is 17.6 Å². The molecule has 0 unspecified atom stereocenters. The van der Waals surface area contributed by atoms with Gasteiger partial charge in [0.2, 0.25) is 0 Å². The molecule has 0 heterocycles. The summed E-state index contributed by atoms with van der Waals surface area (Å²) in [5, 5.41) is 3.18. The highest BCUT2D eigenvalue weighted by Gasteiger charge is 2.36. The van der Waals surface area contributed by atoms with Crippen molar-refractivity contribution in [3.63, 3.8) is 0 Å². The number of nitrogens with one attached hydrogen (secondary N) is 1. The lowest BCUT2D eigenvalue weighted by atomic mass is 9.84. The molecule has 112 valence electrons. The monoisotopic (exact) mass is 307 g/mol. The highest BCUT2D eigenvalue weighted by atomic mass is 32.2. The Morgan fingerprint density at radius 2 is 2.00 bits per heavy atom. The van der Waals surface area contributed by atoms with E-state index in [0.717, 1.165) is 31.5 Å². The Labute approximate surface area is 120 Å². The van der Waals surface area contributed by atoms with E-state index in [1.165, 1.54) is 12.5 Å². The van der Waals surface area contributed by atoms with Crippen molar-refractivity contribution in [1.82, 2.24) is 5.32 Å². The molecule has 1 aromatic rings. The number of hydrogen-bond acceptors (Lipinski definition) is 2. The van der Waals surface area contributed by atoms with Crippen molar-refractivity contribution in [3.05, 3.63) is 35.1 Å². The SMILES string of the molecule is CSC1(CNCc2ccc(F)c(C(F)(F)F)c2)CCC1. The number of alkyl halides is 3. The zero-order chi connectivity index (χ0) is 14.8. The van der Waals surface area contributed by atoms with Crippen LogP contribution in [-0.4, -0.2) is 17.5 Å². The summed E-state index contributed by atoms with van der Waals surface area (Å²) in [7, 11) is 0. The van der Waals surface area contributed by atoms with Gasteiger partial charge in [0.25, 0.3) is 0 Å². The van der Waals surface area contributed by atoms with Gasteiger partial charge in [-0.2, -0.15) is 24.9 Å². The minimum Gasteiger partial charge on any atom is -0.311 e. The Morgan fingerprint density at radius 3 is 2.50 bits per heavy atom. The average Bonchev–Trinajstić information content (AvgIpc) is 2.33. The Bertz CT molecular complexity index is 463. The van der Waals surface area contributed by atoms with Crippen molar-refractivity contribution in [3.8, 4) is 0 Å². The molecule has 0 atom stereocenters. The minimum atomic E-state index is -4.64. The van der Waals surface area contributed by atoms with Crippen molar-refractivity contribution in [2.75, 3.05) is 12.8 Å². The first kappa shape index (κ1) is 15.6. The van der Waals surface area contributed by atoms with E-state index in [4.69, 9.17) is 0 Å². The molecular formula is C14H17F4NS. The number of thioether (sulfide) groups is 1. The molecule has 0 amide bonds. The van der Waals surface area contributed by atoms with E-state index in [9.17, 15) is 17.6 Å². The third-order valence-electron chi connectivity index (χ3n) is 3.81. The predicted molar refractivity (Wildman–Crippen MR) is 73.2 cm³/mol. The quantitative estimate of drug-likeness (QED) is 0.817. The fourth-order valence-corrected chi connectivity index (χ4v) is 3.30. The summed E-state index contributed by atoms with van der Waals surface area (Å²) in [6, 6.07) is 3.16. The third kappa shape index (κ3) is 3.47. The molecule has 0 aromatic heterocycles. The molecule has 1 saturated carbocycles. The van der Waals surface area contributed by atoms with Gasteiger partial charge in [-0.15, -0.1) is 0 Å². The summed E-state index contributed by atoms with van der Waals surface area (Å²) in [5.41, 5.74) is -0.741. The van der Waals surface area contributed by atoms with Crippen LogP contribution in [0.2, 0.25) is 0 Å². The summed E-state index contributed by atoms with van der Waals surface area (Å²) < 4.78 is 51.2. The highest BCUT2D eigenvalue weighted by molar-refractivity contribution is 8.00. The molecule has 1 fully saturated rings. The molecule has 0 aliphatic heterocycles. The fourth-order valence-electron chi connectivity index (χ4n) is 2.36. The number of benzene rings is 1. The van der Waals surface area contributed by atoms with Crippen LogP contribution in [0.4, 0.5) is 17.6 Å². The van der Waals surface area contributed by atoms with Gasteiger partial charge in [0, 0.05) is 17.8 Å². The van der Waals surface area contributed by atoms with E-state index in [2.05, 4.69) is 11.6 Å². The zero-order valence-corrected chi connectivity index (χ0v) is 12.0. The van der Waals surface area contributed by atoms with Gasteiger partial charge < -0.3 is 5.32 Å². The smallest absolute Gasteiger partial charge is 0.311 e. The van der Waals surface area contributed by atoms with Gasteiger partial charge >= 0.3 is 6.18 Å². The van der Waals surface area contributed by atoms with E-state index in [1.807, 2.05) is 0 Å². The second-order valence-electron chi connectivity index (χ2n) is 5.16. The number of rotatable bonds is 5. The van der Waals surface area contributed by atoms with Crippen LogP contribution < -0.4 is 5.32 Å². The van der Waals surface area contributed by atoms with Gasteiger partial charge in [0.1, 0.15) is 5.82 Å². The molecule has 2 rings (SSSR count). The first-order chi connectivity index (χ1) is 9.36. The number of hydrogen-bond donors (Lipinski definition) is 1. The van der Waals surface area contributed by atoms with Gasteiger partial charge in [-0.1, -0.05) is 12.5 Å². The lowest BCUT2D eigenvalue weighted by Crippen LogP contribution is -2.43. The van der Waals surface area contributed by atoms with Crippen molar-refractivity contribution >= 4 is 11.8 Å². The van der Waals surface area contributed by atoms with Crippen molar-refractivity contribution in [2.24, 2.45) is 0 Å². The highest BCUT2D eigenvalue weighted by Crippen LogP contribution is 2.42. The van der Waals surface area contributed by atoms with Crippen LogP contribution in [0.5, 0.6) is 0 Å². The predicted octanol–water partition coefficient (Wildman–Crippen LogP) is 4.22. The molecule has 20 heavy (non-hydrogen) atoms. The van der Waals surface area contributed by atoms with Crippen molar-refractivity contribution in [1.29, 1.82) is 0 Å². The summed E-state index contributed by atoms with van der Waals surface area (Å²) in [4.78, 5) is 0. The molecule has 6 heteroatoms. The Hall–Kier alpha value is -0.750. The van der Waals surface area contributed by atoms with Crippen LogP contribution >= 0.6 is 11.8 Å². The average molecular weight is 307 g/mol. The van der Waals surface area contributed by atoms with E-state index in [1.54, 1.807) is 11.8 Å². The van der Waals surface area contributed by atoms with E-state index >= 15 is 0 Å². The second kappa shape index (κ2) is 5.93. The second-order valence-corrected chi connectivity index (χ2v) is 6.43. The first-order valence-electron chi connectivity index (χ1n) is 6.48. The van der Waals surface area contributed by atoms with E-state index in [0.29, 0.717) is 12.1 Å². The Balaban J connectivity index is 1.96. The lowest BCUT2D eigenvalue weighted by Gasteiger charge is -2.40. The van der Waals surface area contributed by atoms with Crippen LogP contribution in [0.15, 0.2) is 18.2 Å². The van der Waals surface area contributed by atoms with Crippen molar-refractivity contribution < 1.29 is 17.6 Å². The molecule has 1 nitrogen and oxygen atoms in total. The van der Waals surface area contributed by atoms with Gasteiger partial charge in [-0.25, -0.2) is 4.39 Å². The molecule has 0 spiro atoms. The van der Waals surface area contributed by atoms with Gasteiger partial charge in [0.05, 0.1) is 5.56 Å². The summed E-state index contributed by atoms with van der Waals surface area (Å²) >= 11 is 1.80. The maximum atomic E-state index is 13.2. The maximum Gasteiger partial charge on any atom is 0.419 e. The summed E-state index contributed by atoms with van der Waals surface area (Å²) in [6.45, 7) is 1.10.